The molecule has 1 rings (SSSR count). The van der Waals surface area contributed by atoms with Crippen molar-refractivity contribution in [2.24, 2.45) is 0 Å². The Morgan fingerprint density at radius 3 is 2.36 bits per heavy atom. The van der Waals surface area contributed by atoms with Crippen molar-refractivity contribution in [3.8, 4) is 0 Å². The van der Waals surface area contributed by atoms with E-state index in [1.54, 1.807) is 0 Å². The van der Waals surface area contributed by atoms with Crippen LogP contribution in [0, 0.1) is 0 Å². The van der Waals surface area contributed by atoms with Gasteiger partial charge in [-0.1, -0.05) is 32.0 Å². The molecule has 1 nitrogen and oxygen atoms in total. The lowest BCUT2D eigenvalue weighted by Crippen LogP contribution is -2.33. The second-order valence-electron chi connectivity index (χ2n) is 3.85. The highest BCUT2D eigenvalue weighted by molar-refractivity contribution is 7.99. The average molecular weight is 209 g/mol. The van der Waals surface area contributed by atoms with Gasteiger partial charge in [0.15, 0.2) is 0 Å². The van der Waals surface area contributed by atoms with Crippen LogP contribution >= 0.6 is 11.8 Å². The molecule has 14 heavy (non-hydrogen) atoms. The fourth-order valence-corrected chi connectivity index (χ4v) is 2.24. The Balaban J connectivity index is 2.27. The Morgan fingerprint density at radius 2 is 1.79 bits per heavy atom. The molecule has 0 aromatic heterocycles. The van der Waals surface area contributed by atoms with Gasteiger partial charge in [0.05, 0.1) is 0 Å². The summed E-state index contributed by atoms with van der Waals surface area (Å²) in [6, 6.07) is 11.7. The van der Waals surface area contributed by atoms with Crippen LogP contribution in [-0.4, -0.2) is 17.8 Å². The molecule has 0 saturated carbocycles. The summed E-state index contributed by atoms with van der Waals surface area (Å²) in [5.41, 5.74) is 0. The number of nitrogens with one attached hydrogen (secondary N) is 1. The van der Waals surface area contributed by atoms with Crippen molar-refractivity contribution in [2.75, 3.05) is 5.75 Å². The first-order valence-electron chi connectivity index (χ1n) is 5.12. The van der Waals surface area contributed by atoms with Crippen LogP contribution in [0.2, 0.25) is 0 Å². The summed E-state index contributed by atoms with van der Waals surface area (Å²) in [6.07, 6.45) is 0. The number of benzene rings is 1. The SMILES string of the molecule is CC(C)NC(C)CSc1ccccc1. The Hall–Kier alpha value is -0.470. The second kappa shape index (κ2) is 6.10. The van der Waals surface area contributed by atoms with E-state index in [9.17, 15) is 0 Å². The van der Waals surface area contributed by atoms with Gasteiger partial charge in [0.25, 0.3) is 0 Å². The molecule has 1 unspecified atom stereocenters. The quantitative estimate of drug-likeness (QED) is 0.748. The van der Waals surface area contributed by atoms with Crippen LogP contribution < -0.4 is 5.32 Å². The molecule has 0 heterocycles. The fourth-order valence-electron chi connectivity index (χ4n) is 1.36. The molecule has 0 spiro atoms. The van der Waals surface area contributed by atoms with Gasteiger partial charge in [-0.2, -0.15) is 0 Å². The summed E-state index contributed by atoms with van der Waals surface area (Å²) in [5.74, 6) is 1.13. The van der Waals surface area contributed by atoms with Gasteiger partial charge in [-0.05, 0) is 19.1 Å². The van der Waals surface area contributed by atoms with Crippen LogP contribution in [0.25, 0.3) is 0 Å². The number of rotatable bonds is 5. The van der Waals surface area contributed by atoms with E-state index in [4.69, 9.17) is 0 Å². The molecule has 0 saturated heterocycles. The molecule has 0 fully saturated rings. The number of hydrogen-bond acceptors (Lipinski definition) is 2. The Labute approximate surface area is 91.3 Å². The maximum absolute atomic E-state index is 3.49. The van der Waals surface area contributed by atoms with Gasteiger partial charge in [0.2, 0.25) is 0 Å². The molecule has 2 heteroatoms. The summed E-state index contributed by atoms with van der Waals surface area (Å²) >= 11 is 1.91. The molecule has 1 aromatic rings. The van der Waals surface area contributed by atoms with E-state index in [1.807, 2.05) is 11.8 Å². The zero-order chi connectivity index (χ0) is 10.4. The van der Waals surface area contributed by atoms with Gasteiger partial charge in [0.1, 0.15) is 0 Å². The first-order chi connectivity index (χ1) is 6.68. The molecule has 1 atom stereocenters. The molecular formula is C12H19NS. The topological polar surface area (TPSA) is 12.0 Å². The van der Waals surface area contributed by atoms with Gasteiger partial charge in [-0.3, -0.25) is 0 Å². The molecule has 0 aliphatic heterocycles. The van der Waals surface area contributed by atoms with Gasteiger partial charge < -0.3 is 5.32 Å². The standard InChI is InChI=1S/C12H19NS/c1-10(2)13-11(3)9-14-12-7-5-4-6-8-12/h4-8,10-11,13H,9H2,1-3H3. The molecule has 0 radical (unpaired) electrons. The summed E-state index contributed by atoms with van der Waals surface area (Å²) in [5, 5.41) is 3.49. The van der Waals surface area contributed by atoms with E-state index in [0.29, 0.717) is 12.1 Å². The van der Waals surface area contributed by atoms with E-state index in [1.165, 1.54) is 4.90 Å². The molecule has 0 amide bonds. The van der Waals surface area contributed by atoms with Crippen molar-refractivity contribution in [3.05, 3.63) is 30.3 Å². The largest absolute Gasteiger partial charge is 0.311 e. The van der Waals surface area contributed by atoms with Gasteiger partial charge >= 0.3 is 0 Å². The third kappa shape index (κ3) is 4.68. The Morgan fingerprint density at radius 1 is 1.14 bits per heavy atom. The molecule has 1 aromatic carbocycles. The van der Waals surface area contributed by atoms with E-state index >= 15 is 0 Å². The Bertz CT molecular complexity index is 246. The van der Waals surface area contributed by atoms with Crippen molar-refractivity contribution in [1.82, 2.24) is 5.32 Å². The van der Waals surface area contributed by atoms with E-state index < -0.39 is 0 Å². The fraction of sp³-hybridized carbons (Fsp3) is 0.500. The van der Waals surface area contributed by atoms with Gasteiger partial charge in [0, 0.05) is 22.7 Å². The summed E-state index contributed by atoms with van der Waals surface area (Å²) in [4.78, 5) is 1.35. The first-order valence-corrected chi connectivity index (χ1v) is 6.11. The van der Waals surface area contributed by atoms with Gasteiger partial charge in [-0.25, -0.2) is 0 Å². The molecule has 78 valence electrons. The highest BCUT2D eigenvalue weighted by atomic mass is 32.2. The van der Waals surface area contributed by atoms with Crippen molar-refractivity contribution in [3.63, 3.8) is 0 Å². The molecule has 0 bridgehead atoms. The monoisotopic (exact) mass is 209 g/mol. The minimum absolute atomic E-state index is 0.570. The van der Waals surface area contributed by atoms with Crippen molar-refractivity contribution in [2.45, 2.75) is 37.8 Å². The summed E-state index contributed by atoms with van der Waals surface area (Å²) in [6.45, 7) is 6.60. The lowest BCUT2D eigenvalue weighted by atomic mass is 10.3. The van der Waals surface area contributed by atoms with Crippen LogP contribution in [0.15, 0.2) is 35.2 Å². The second-order valence-corrected chi connectivity index (χ2v) is 4.94. The number of thioether (sulfide) groups is 1. The maximum Gasteiger partial charge on any atom is 0.0135 e. The van der Waals surface area contributed by atoms with Crippen LogP contribution in [0.4, 0.5) is 0 Å². The average Bonchev–Trinajstić information content (AvgIpc) is 2.15. The smallest absolute Gasteiger partial charge is 0.0135 e. The minimum atomic E-state index is 0.570. The first kappa shape index (κ1) is 11.6. The van der Waals surface area contributed by atoms with Crippen LogP contribution in [0.1, 0.15) is 20.8 Å². The predicted octanol–water partition coefficient (Wildman–Crippen LogP) is 3.17. The van der Waals surface area contributed by atoms with Crippen LogP contribution in [0.5, 0.6) is 0 Å². The van der Waals surface area contributed by atoms with E-state index in [2.05, 4.69) is 56.4 Å². The lowest BCUT2D eigenvalue weighted by Gasteiger charge is -2.16. The molecule has 1 N–H and O–H groups in total. The third-order valence-electron chi connectivity index (χ3n) is 1.86. The van der Waals surface area contributed by atoms with Crippen LogP contribution in [0.3, 0.4) is 0 Å². The molecule has 0 aliphatic rings. The van der Waals surface area contributed by atoms with Crippen molar-refractivity contribution >= 4 is 11.8 Å². The molecular weight excluding hydrogens is 190 g/mol. The van der Waals surface area contributed by atoms with Crippen molar-refractivity contribution < 1.29 is 0 Å². The summed E-state index contributed by atoms with van der Waals surface area (Å²) < 4.78 is 0. The highest BCUT2D eigenvalue weighted by Crippen LogP contribution is 2.17. The van der Waals surface area contributed by atoms with E-state index in [-0.39, 0.29) is 0 Å². The lowest BCUT2D eigenvalue weighted by molar-refractivity contribution is 0.523. The maximum atomic E-state index is 3.49. The van der Waals surface area contributed by atoms with Crippen LogP contribution in [-0.2, 0) is 0 Å². The minimum Gasteiger partial charge on any atom is -0.311 e. The number of hydrogen-bond donors (Lipinski definition) is 1. The predicted molar refractivity (Wildman–Crippen MR) is 64.9 cm³/mol. The third-order valence-corrected chi connectivity index (χ3v) is 3.13. The Kier molecular flexibility index (Phi) is 5.05. The highest BCUT2D eigenvalue weighted by Gasteiger charge is 2.03. The summed E-state index contributed by atoms with van der Waals surface area (Å²) in [7, 11) is 0. The molecule has 0 aliphatic carbocycles. The zero-order valence-electron chi connectivity index (χ0n) is 9.16. The van der Waals surface area contributed by atoms with E-state index in [0.717, 1.165) is 5.75 Å². The van der Waals surface area contributed by atoms with Crippen molar-refractivity contribution in [1.29, 1.82) is 0 Å². The van der Waals surface area contributed by atoms with Gasteiger partial charge in [-0.15, -0.1) is 11.8 Å². The normalized spacial score (nSPS) is 13.1. The zero-order valence-corrected chi connectivity index (χ0v) is 9.97.